The van der Waals surface area contributed by atoms with Gasteiger partial charge in [0.05, 0.1) is 11.7 Å². The average molecular weight is 414 g/mol. The van der Waals surface area contributed by atoms with Crippen molar-refractivity contribution < 1.29 is 23.8 Å². The molecule has 0 amide bonds. The molecule has 0 atom stereocenters. The van der Waals surface area contributed by atoms with Crippen molar-refractivity contribution in [2.45, 2.75) is 20.0 Å². The first-order chi connectivity index (χ1) is 15.0. The van der Waals surface area contributed by atoms with E-state index in [9.17, 15) is 9.59 Å². The summed E-state index contributed by atoms with van der Waals surface area (Å²) in [5, 5.41) is 0. The zero-order valence-corrected chi connectivity index (χ0v) is 17.3. The molecule has 3 aromatic carbocycles. The van der Waals surface area contributed by atoms with Gasteiger partial charge in [0, 0.05) is 6.07 Å². The Morgan fingerprint density at radius 1 is 0.968 bits per heavy atom. The molecule has 0 unspecified atom stereocenters. The van der Waals surface area contributed by atoms with E-state index in [-0.39, 0.29) is 24.3 Å². The Balaban J connectivity index is 1.46. The fourth-order valence-electron chi connectivity index (χ4n) is 3.25. The lowest BCUT2D eigenvalue weighted by Crippen LogP contribution is -2.18. The molecule has 5 nitrogen and oxygen atoms in total. The average Bonchev–Trinajstić information content (AvgIpc) is 3.07. The van der Waals surface area contributed by atoms with Crippen molar-refractivity contribution in [3.05, 3.63) is 89.7 Å². The number of hydrogen-bond donors (Lipinski definition) is 0. The van der Waals surface area contributed by atoms with E-state index < -0.39 is 5.97 Å². The highest BCUT2D eigenvalue weighted by Crippen LogP contribution is 2.35. The molecule has 4 rings (SSSR count). The third-order valence-corrected chi connectivity index (χ3v) is 4.68. The van der Waals surface area contributed by atoms with Crippen LogP contribution in [0.4, 0.5) is 0 Å². The van der Waals surface area contributed by atoms with Gasteiger partial charge >= 0.3 is 5.97 Å². The Labute approximate surface area is 180 Å². The van der Waals surface area contributed by atoms with Gasteiger partial charge in [-0.2, -0.15) is 0 Å². The number of benzene rings is 3. The molecular formula is C26H22O5. The summed E-state index contributed by atoms with van der Waals surface area (Å²) in [6, 6.07) is 22.9. The zero-order valence-electron chi connectivity index (χ0n) is 17.3. The molecule has 1 aliphatic rings. The van der Waals surface area contributed by atoms with Gasteiger partial charge < -0.3 is 14.2 Å². The number of esters is 1. The van der Waals surface area contributed by atoms with Gasteiger partial charge in [-0.1, -0.05) is 54.6 Å². The number of carbonyl (C=O) groups excluding carboxylic acids is 2. The normalized spacial score (nSPS) is 13.8. The quantitative estimate of drug-likeness (QED) is 0.405. The van der Waals surface area contributed by atoms with Crippen molar-refractivity contribution in [3.8, 4) is 22.6 Å². The van der Waals surface area contributed by atoms with Crippen molar-refractivity contribution in [2.75, 3.05) is 6.61 Å². The number of Topliss-reactive ketones (excluding diaryl/α,β-unsaturated/α-hetero) is 1. The fourth-order valence-corrected chi connectivity index (χ4v) is 3.25. The van der Waals surface area contributed by atoms with Gasteiger partial charge in [0.15, 0.2) is 12.4 Å². The second-order valence-corrected chi connectivity index (χ2v) is 7.41. The van der Waals surface area contributed by atoms with Crippen LogP contribution in [0.5, 0.6) is 11.5 Å². The summed E-state index contributed by atoms with van der Waals surface area (Å²) in [4.78, 5) is 24.3. The number of rotatable bonds is 6. The Kier molecular flexibility index (Phi) is 5.85. The third kappa shape index (κ3) is 4.83. The summed E-state index contributed by atoms with van der Waals surface area (Å²) < 4.78 is 16.3. The molecule has 0 saturated carbocycles. The lowest BCUT2D eigenvalue weighted by Gasteiger charge is -2.09. The summed E-state index contributed by atoms with van der Waals surface area (Å²) in [5.74, 6) is 0.450. The number of ether oxygens (including phenoxy) is 3. The summed E-state index contributed by atoms with van der Waals surface area (Å²) in [6.07, 6.45) is 1.52. The third-order valence-electron chi connectivity index (χ3n) is 4.68. The van der Waals surface area contributed by atoms with Crippen LogP contribution in [0.1, 0.15) is 29.8 Å². The van der Waals surface area contributed by atoms with Crippen LogP contribution in [0.2, 0.25) is 0 Å². The van der Waals surface area contributed by atoms with Crippen molar-refractivity contribution in [1.29, 1.82) is 0 Å². The van der Waals surface area contributed by atoms with E-state index in [1.807, 2.05) is 42.5 Å². The molecule has 0 saturated heterocycles. The molecule has 0 spiro atoms. The van der Waals surface area contributed by atoms with Gasteiger partial charge in [-0.25, -0.2) is 4.79 Å². The predicted octanol–water partition coefficient (Wildman–Crippen LogP) is 5.30. The molecule has 5 heteroatoms. The van der Waals surface area contributed by atoms with E-state index in [2.05, 4.69) is 12.1 Å². The Bertz CT molecular complexity index is 1130. The van der Waals surface area contributed by atoms with E-state index in [0.717, 1.165) is 16.7 Å². The van der Waals surface area contributed by atoms with Crippen LogP contribution >= 0.6 is 0 Å². The maximum absolute atomic E-state index is 12.7. The molecule has 1 aliphatic heterocycles. The minimum absolute atomic E-state index is 0.187. The highest BCUT2D eigenvalue weighted by atomic mass is 16.6. The van der Waals surface area contributed by atoms with Crippen molar-refractivity contribution in [3.63, 3.8) is 0 Å². The molecule has 1 heterocycles. The predicted molar refractivity (Wildman–Crippen MR) is 118 cm³/mol. The Morgan fingerprint density at radius 2 is 1.68 bits per heavy atom. The van der Waals surface area contributed by atoms with Crippen LogP contribution in [0.3, 0.4) is 0 Å². The second kappa shape index (κ2) is 8.88. The molecule has 0 N–H and O–H groups in total. The molecule has 156 valence electrons. The van der Waals surface area contributed by atoms with Crippen LogP contribution in [0, 0.1) is 0 Å². The molecule has 0 radical (unpaired) electrons. The minimum atomic E-state index is -0.452. The molecular weight excluding hydrogens is 392 g/mol. The van der Waals surface area contributed by atoms with Crippen LogP contribution in [0.15, 0.2) is 78.6 Å². The molecule has 31 heavy (non-hydrogen) atoms. The highest BCUT2D eigenvalue weighted by molar-refractivity contribution is 6.14. The summed E-state index contributed by atoms with van der Waals surface area (Å²) in [6.45, 7) is 3.34. The first kappa shape index (κ1) is 20.4. The molecule has 0 fully saturated rings. The first-order valence-corrected chi connectivity index (χ1v) is 10.1. The summed E-state index contributed by atoms with van der Waals surface area (Å²) in [5.41, 5.74) is 3.56. The zero-order chi connectivity index (χ0) is 21.8. The van der Waals surface area contributed by atoms with E-state index in [1.54, 1.807) is 38.1 Å². The molecule has 0 bridgehead atoms. The largest absolute Gasteiger partial charge is 0.482 e. The summed E-state index contributed by atoms with van der Waals surface area (Å²) >= 11 is 0. The smallest absolute Gasteiger partial charge is 0.344 e. The lowest BCUT2D eigenvalue weighted by atomic mass is 10.0. The number of ketones is 1. The fraction of sp³-hybridized carbons (Fsp3) is 0.154. The first-order valence-electron chi connectivity index (χ1n) is 10.1. The van der Waals surface area contributed by atoms with E-state index in [1.165, 1.54) is 0 Å². The van der Waals surface area contributed by atoms with Crippen molar-refractivity contribution in [1.82, 2.24) is 0 Å². The van der Waals surface area contributed by atoms with E-state index in [4.69, 9.17) is 14.2 Å². The van der Waals surface area contributed by atoms with Gasteiger partial charge in [-0.15, -0.1) is 0 Å². The lowest BCUT2D eigenvalue weighted by molar-refractivity contribution is -0.149. The van der Waals surface area contributed by atoms with Gasteiger partial charge in [0.1, 0.15) is 11.5 Å². The maximum atomic E-state index is 12.7. The standard InChI is InChI=1S/C26H22O5/c1-17(2)30-25(27)16-29-21-12-13-22-23(15-21)31-24(26(22)28)14-18-8-10-20(11-9-18)19-6-4-3-5-7-19/h3-15,17H,16H2,1-2H3/b24-14-. The maximum Gasteiger partial charge on any atom is 0.344 e. The highest BCUT2D eigenvalue weighted by Gasteiger charge is 2.27. The number of fused-ring (bicyclic) bond motifs is 1. The minimum Gasteiger partial charge on any atom is -0.482 e. The van der Waals surface area contributed by atoms with E-state index >= 15 is 0 Å². The number of allylic oxidation sites excluding steroid dienone is 1. The Hall–Kier alpha value is -3.86. The van der Waals surface area contributed by atoms with Crippen LogP contribution in [-0.2, 0) is 9.53 Å². The van der Waals surface area contributed by atoms with Gasteiger partial charge in [-0.05, 0) is 48.7 Å². The van der Waals surface area contributed by atoms with Crippen LogP contribution < -0.4 is 9.47 Å². The molecule has 3 aromatic rings. The Morgan fingerprint density at radius 3 is 2.39 bits per heavy atom. The van der Waals surface area contributed by atoms with Crippen molar-refractivity contribution >= 4 is 17.8 Å². The van der Waals surface area contributed by atoms with E-state index in [0.29, 0.717) is 17.1 Å². The van der Waals surface area contributed by atoms with Crippen LogP contribution in [0.25, 0.3) is 17.2 Å². The second-order valence-electron chi connectivity index (χ2n) is 7.41. The van der Waals surface area contributed by atoms with Gasteiger partial charge in [-0.3, -0.25) is 4.79 Å². The van der Waals surface area contributed by atoms with Crippen molar-refractivity contribution in [2.24, 2.45) is 0 Å². The van der Waals surface area contributed by atoms with Crippen LogP contribution in [-0.4, -0.2) is 24.5 Å². The summed E-state index contributed by atoms with van der Waals surface area (Å²) in [7, 11) is 0. The topological polar surface area (TPSA) is 61.8 Å². The molecule has 0 aromatic heterocycles. The van der Waals surface area contributed by atoms with Gasteiger partial charge in [0.25, 0.3) is 0 Å². The SMILES string of the molecule is CC(C)OC(=O)COc1ccc2c(c1)O/C(=C\c1ccc(-c3ccccc3)cc1)C2=O. The number of carbonyl (C=O) groups is 2. The number of hydrogen-bond acceptors (Lipinski definition) is 5. The monoisotopic (exact) mass is 414 g/mol. The molecule has 0 aliphatic carbocycles. The van der Waals surface area contributed by atoms with Gasteiger partial charge in [0.2, 0.25) is 5.78 Å².